The second kappa shape index (κ2) is 6.89. The first-order valence-electron chi connectivity index (χ1n) is 10.4. The number of nitrogens with zero attached hydrogens (tertiary/aromatic N) is 1. The van der Waals surface area contributed by atoms with E-state index in [1.165, 1.54) is 11.1 Å². The van der Waals surface area contributed by atoms with Gasteiger partial charge < -0.3 is 4.42 Å². The monoisotopic (exact) mass is 378 g/mol. The van der Waals surface area contributed by atoms with Crippen molar-refractivity contribution >= 4 is 21.9 Å². The van der Waals surface area contributed by atoms with Crippen molar-refractivity contribution in [2.24, 2.45) is 0 Å². The summed E-state index contributed by atoms with van der Waals surface area (Å²) in [4.78, 5) is 4.59. The van der Waals surface area contributed by atoms with Crippen molar-refractivity contribution in [3.8, 4) is 22.4 Å². The topological polar surface area (TPSA) is 26.0 Å². The molecule has 2 nitrogen and oxygen atoms in total. The van der Waals surface area contributed by atoms with Crippen LogP contribution in [0.25, 0.3) is 44.3 Å². The molecule has 2 heteroatoms. The molecule has 5 aromatic rings. The molecule has 0 aliphatic rings. The third-order valence-corrected chi connectivity index (χ3v) is 5.50. The Bertz CT molecular complexity index is 1380. The van der Waals surface area contributed by atoms with Gasteiger partial charge in [-0.25, -0.2) is 0 Å². The van der Waals surface area contributed by atoms with E-state index in [1.807, 2.05) is 32.0 Å². The van der Waals surface area contributed by atoms with Crippen LogP contribution in [0.15, 0.2) is 83.4 Å². The number of aryl methyl sites for hydroxylation is 1. The quantitative estimate of drug-likeness (QED) is 0.321. The molecule has 0 saturated carbocycles. The van der Waals surface area contributed by atoms with Gasteiger partial charge >= 0.3 is 0 Å². The number of fused-ring (bicyclic) bond motifs is 3. The van der Waals surface area contributed by atoms with Crippen molar-refractivity contribution < 1.29 is 5.79 Å². The number of furan rings is 1. The normalized spacial score (nSPS) is 12.4. The zero-order valence-corrected chi connectivity index (χ0v) is 16.9. The summed E-state index contributed by atoms with van der Waals surface area (Å²) in [5.41, 5.74) is 8.12. The van der Waals surface area contributed by atoms with Crippen LogP contribution in [0.3, 0.4) is 0 Å². The van der Waals surface area contributed by atoms with Gasteiger partial charge in [0.2, 0.25) is 0 Å². The standard InChI is InChI=1S/C27H23NO/c1-17(2)20-11-12-28-25(16-20)22-13-18(3)27-24(15-22)23-14-21(9-10-26(23)29-27)19-7-5-4-6-8-19/h4-17H,1-3H3/i17D. The van der Waals surface area contributed by atoms with Crippen LogP contribution in [0.2, 0.25) is 0 Å². The van der Waals surface area contributed by atoms with Crippen LogP contribution in [0, 0.1) is 6.92 Å². The molecule has 0 N–H and O–H groups in total. The Morgan fingerprint density at radius 3 is 2.41 bits per heavy atom. The molecule has 29 heavy (non-hydrogen) atoms. The first kappa shape index (κ1) is 16.6. The molecule has 0 aliphatic heterocycles. The molecule has 0 fully saturated rings. The molecule has 0 spiro atoms. The van der Waals surface area contributed by atoms with Crippen LogP contribution in [-0.4, -0.2) is 4.98 Å². The number of hydrogen-bond acceptors (Lipinski definition) is 2. The molecule has 2 heterocycles. The van der Waals surface area contributed by atoms with Crippen molar-refractivity contribution in [2.75, 3.05) is 0 Å². The van der Waals surface area contributed by atoms with Crippen molar-refractivity contribution in [1.29, 1.82) is 0 Å². The van der Waals surface area contributed by atoms with Gasteiger partial charge in [0, 0.05) is 23.9 Å². The lowest BCUT2D eigenvalue weighted by Crippen LogP contribution is -1.91. The summed E-state index contributed by atoms with van der Waals surface area (Å²) in [6, 6.07) is 25.0. The molecule has 0 amide bonds. The Kier molecular flexibility index (Phi) is 3.94. The lowest BCUT2D eigenvalue weighted by Gasteiger charge is -2.08. The number of aromatic nitrogens is 1. The highest BCUT2D eigenvalue weighted by Gasteiger charge is 2.13. The Labute approximate surface area is 172 Å². The highest BCUT2D eigenvalue weighted by atomic mass is 16.3. The van der Waals surface area contributed by atoms with E-state index < -0.39 is 5.89 Å². The number of benzene rings is 3. The molecule has 0 bridgehead atoms. The lowest BCUT2D eigenvalue weighted by atomic mass is 9.98. The van der Waals surface area contributed by atoms with Gasteiger partial charge in [0.05, 0.1) is 5.69 Å². The zero-order chi connectivity index (χ0) is 20.9. The van der Waals surface area contributed by atoms with Crippen LogP contribution >= 0.6 is 0 Å². The van der Waals surface area contributed by atoms with Crippen LogP contribution in [0.5, 0.6) is 0 Å². The van der Waals surface area contributed by atoms with Gasteiger partial charge in [-0.15, -0.1) is 0 Å². The van der Waals surface area contributed by atoms with Gasteiger partial charge in [0.25, 0.3) is 0 Å². The van der Waals surface area contributed by atoms with Crippen molar-refractivity contribution in [1.82, 2.24) is 4.98 Å². The first-order chi connectivity index (χ1) is 14.4. The summed E-state index contributed by atoms with van der Waals surface area (Å²) in [5.74, 6) is -0.663. The minimum atomic E-state index is -0.663. The summed E-state index contributed by atoms with van der Waals surface area (Å²) in [7, 11) is 0. The van der Waals surface area contributed by atoms with E-state index in [2.05, 4.69) is 66.5 Å². The predicted octanol–water partition coefficient (Wildman–Crippen LogP) is 7.75. The van der Waals surface area contributed by atoms with E-state index in [1.54, 1.807) is 6.20 Å². The second-order valence-corrected chi connectivity index (χ2v) is 7.78. The Hall–Kier alpha value is -3.39. The van der Waals surface area contributed by atoms with E-state index in [4.69, 9.17) is 5.79 Å². The van der Waals surface area contributed by atoms with Gasteiger partial charge in [-0.3, -0.25) is 4.98 Å². The summed E-state index contributed by atoms with van der Waals surface area (Å²) < 4.78 is 14.5. The number of rotatable bonds is 3. The van der Waals surface area contributed by atoms with E-state index in [0.29, 0.717) is 0 Å². The Morgan fingerprint density at radius 2 is 1.62 bits per heavy atom. The minimum absolute atomic E-state index is 0.663. The van der Waals surface area contributed by atoms with Gasteiger partial charge in [-0.05, 0) is 71.5 Å². The summed E-state index contributed by atoms with van der Waals surface area (Å²) in [5, 5.41) is 2.20. The molecule has 0 aliphatic carbocycles. The Balaban J connectivity index is 1.71. The minimum Gasteiger partial charge on any atom is -0.456 e. The summed E-state index contributed by atoms with van der Waals surface area (Å²) >= 11 is 0. The predicted molar refractivity (Wildman–Crippen MR) is 121 cm³/mol. The average Bonchev–Trinajstić information content (AvgIpc) is 3.12. The van der Waals surface area contributed by atoms with E-state index >= 15 is 0 Å². The van der Waals surface area contributed by atoms with E-state index in [9.17, 15) is 0 Å². The fourth-order valence-corrected chi connectivity index (χ4v) is 3.91. The van der Waals surface area contributed by atoms with Crippen LogP contribution < -0.4 is 0 Å². The maximum Gasteiger partial charge on any atom is 0.138 e. The van der Waals surface area contributed by atoms with Gasteiger partial charge in [-0.1, -0.05) is 50.2 Å². The molecule has 0 radical (unpaired) electrons. The zero-order valence-electron chi connectivity index (χ0n) is 17.9. The molecule has 0 atom stereocenters. The van der Waals surface area contributed by atoms with Gasteiger partial charge in [-0.2, -0.15) is 0 Å². The molecule has 0 unspecified atom stereocenters. The lowest BCUT2D eigenvalue weighted by molar-refractivity contribution is 0.666. The fraction of sp³-hybridized carbons (Fsp3) is 0.148. The number of pyridine rings is 1. The largest absolute Gasteiger partial charge is 0.456 e. The third-order valence-electron chi connectivity index (χ3n) is 5.50. The molecular formula is C27H23NO. The molecule has 0 saturated heterocycles. The smallest absolute Gasteiger partial charge is 0.138 e. The van der Waals surface area contributed by atoms with Crippen LogP contribution in [-0.2, 0) is 0 Å². The maximum atomic E-state index is 8.35. The van der Waals surface area contributed by atoms with E-state index in [-0.39, 0.29) is 0 Å². The summed E-state index contributed by atoms with van der Waals surface area (Å²) in [6.45, 7) is 5.87. The molecule has 2 aromatic heterocycles. The Morgan fingerprint density at radius 1 is 0.828 bits per heavy atom. The maximum absolute atomic E-state index is 8.35. The van der Waals surface area contributed by atoms with Crippen LogP contribution in [0.1, 0.15) is 32.2 Å². The van der Waals surface area contributed by atoms with Gasteiger partial charge in [0.1, 0.15) is 11.2 Å². The highest BCUT2D eigenvalue weighted by Crippen LogP contribution is 2.36. The van der Waals surface area contributed by atoms with Crippen LogP contribution in [0.4, 0.5) is 0 Å². The molecule has 3 aromatic carbocycles. The van der Waals surface area contributed by atoms with Crippen molar-refractivity contribution in [2.45, 2.75) is 26.7 Å². The average molecular weight is 378 g/mol. The van der Waals surface area contributed by atoms with Gasteiger partial charge in [0.15, 0.2) is 0 Å². The molecule has 142 valence electrons. The molecular weight excluding hydrogens is 354 g/mol. The molecule has 5 rings (SSSR count). The van der Waals surface area contributed by atoms with Crippen molar-refractivity contribution in [3.63, 3.8) is 0 Å². The van der Waals surface area contributed by atoms with E-state index in [0.717, 1.165) is 44.3 Å². The summed E-state index contributed by atoms with van der Waals surface area (Å²) in [6.07, 6.45) is 1.79. The SMILES string of the molecule is [2H]C(C)(C)c1ccnc(-c2cc(C)c3oc4ccc(-c5ccccc5)cc4c3c2)c1. The number of hydrogen-bond donors (Lipinski definition) is 0. The first-order valence-corrected chi connectivity index (χ1v) is 9.89. The highest BCUT2D eigenvalue weighted by molar-refractivity contribution is 6.08. The van der Waals surface area contributed by atoms with Crippen molar-refractivity contribution in [3.05, 3.63) is 90.1 Å². The third kappa shape index (κ3) is 3.11. The second-order valence-electron chi connectivity index (χ2n) is 7.78. The fourth-order valence-electron chi connectivity index (χ4n) is 3.91.